The van der Waals surface area contributed by atoms with Crippen molar-refractivity contribution >= 4 is 56.4 Å². The molecular weight excluding hydrogens is 617 g/mol. The summed E-state index contributed by atoms with van der Waals surface area (Å²) in [5.74, 6) is 0.179. The highest BCUT2D eigenvalue weighted by molar-refractivity contribution is 7.84. The predicted molar refractivity (Wildman–Crippen MR) is 179 cm³/mol. The van der Waals surface area contributed by atoms with Crippen LogP contribution in [0.15, 0.2) is 83.8 Å². The zero-order chi connectivity index (χ0) is 31.2. The van der Waals surface area contributed by atoms with Gasteiger partial charge in [-0.1, -0.05) is 71.7 Å². The Morgan fingerprint density at radius 2 is 1.73 bits per heavy atom. The molecule has 2 atom stereocenters. The third-order valence-electron chi connectivity index (χ3n) is 8.55. The van der Waals surface area contributed by atoms with Crippen molar-refractivity contribution in [3.63, 3.8) is 0 Å². The van der Waals surface area contributed by atoms with Crippen molar-refractivity contribution in [1.29, 1.82) is 0 Å². The van der Waals surface area contributed by atoms with Gasteiger partial charge in [-0.25, -0.2) is 0 Å². The lowest BCUT2D eigenvalue weighted by Crippen LogP contribution is -2.34. The Kier molecular flexibility index (Phi) is 10.7. The lowest BCUT2D eigenvalue weighted by Gasteiger charge is -2.33. The van der Waals surface area contributed by atoms with Crippen molar-refractivity contribution in [2.75, 3.05) is 32.4 Å². The Bertz CT molecular complexity index is 1690. The number of hydrogen-bond donors (Lipinski definition) is 1. The van der Waals surface area contributed by atoms with Gasteiger partial charge in [0.1, 0.15) is 0 Å². The molecule has 4 aromatic carbocycles. The van der Waals surface area contributed by atoms with Gasteiger partial charge in [-0.05, 0) is 97.3 Å². The molecule has 1 saturated heterocycles. The zero-order valence-corrected chi connectivity index (χ0v) is 26.8. The molecule has 4 aromatic rings. The van der Waals surface area contributed by atoms with Crippen molar-refractivity contribution in [3.05, 3.63) is 116 Å². The van der Waals surface area contributed by atoms with E-state index in [4.69, 9.17) is 23.2 Å². The van der Waals surface area contributed by atoms with Crippen molar-refractivity contribution in [3.8, 4) is 0 Å². The van der Waals surface area contributed by atoms with E-state index in [-0.39, 0.29) is 23.1 Å². The summed E-state index contributed by atoms with van der Waals surface area (Å²) in [6, 6.07) is 23.8. The standard InChI is InChI=1S/C34H35Cl2N3O4S/c1-44(43)33-9-5-4-8-29(33)24-14-18-38(19-15-24)17-13-23(25-10-11-31(35)32(36)21-25)12-16-37-34(40)30-22-27(39(41)42)20-26-6-2-3-7-28(26)30/h2-11,20-24H,12-19H2,1H3,(H,37,40)/t23-,44-/m0/s1. The third-order valence-corrected chi connectivity index (χ3v) is 10.3. The molecular formula is C34H35Cl2N3O4S. The second-order valence-corrected chi connectivity index (χ2v) is 13.4. The number of benzene rings is 4. The summed E-state index contributed by atoms with van der Waals surface area (Å²) in [4.78, 5) is 27.7. The Hall–Kier alpha value is -3.30. The van der Waals surface area contributed by atoms with Crippen molar-refractivity contribution in [1.82, 2.24) is 10.2 Å². The minimum atomic E-state index is -1.01. The largest absolute Gasteiger partial charge is 0.352 e. The van der Waals surface area contributed by atoms with E-state index in [0.29, 0.717) is 39.7 Å². The van der Waals surface area contributed by atoms with Gasteiger partial charge in [0.15, 0.2) is 0 Å². The highest BCUT2D eigenvalue weighted by Gasteiger charge is 2.24. The van der Waals surface area contributed by atoms with Crippen LogP contribution in [0.25, 0.3) is 10.8 Å². The fourth-order valence-corrected chi connectivity index (χ4v) is 7.32. The lowest BCUT2D eigenvalue weighted by molar-refractivity contribution is -0.384. The van der Waals surface area contributed by atoms with E-state index in [0.717, 1.165) is 49.4 Å². The number of carbonyl (C=O) groups excluding carboxylic acids is 1. The summed E-state index contributed by atoms with van der Waals surface area (Å²) in [6.07, 6.45) is 5.31. The summed E-state index contributed by atoms with van der Waals surface area (Å²) >= 11 is 12.6. The molecule has 0 saturated carbocycles. The van der Waals surface area contributed by atoms with Gasteiger partial charge in [0, 0.05) is 29.8 Å². The van der Waals surface area contributed by atoms with Gasteiger partial charge in [0.05, 0.1) is 31.3 Å². The molecule has 7 nitrogen and oxygen atoms in total. The molecule has 0 spiro atoms. The van der Waals surface area contributed by atoms with Crippen LogP contribution in [0.4, 0.5) is 5.69 Å². The number of nitrogens with zero attached hydrogens (tertiary/aromatic N) is 2. The monoisotopic (exact) mass is 651 g/mol. The highest BCUT2D eigenvalue weighted by Crippen LogP contribution is 2.34. The van der Waals surface area contributed by atoms with E-state index >= 15 is 0 Å². The number of amides is 1. The van der Waals surface area contributed by atoms with Crippen molar-refractivity contribution in [2.45, 2.75) is 42.4 Å². The highest BCUT2D eigenvalue weighted by atomic mass is 35.5. The molecule has 0 unspecified atom stereocenters. The smallest absolute Gasteiger partial charge is 0.270 e. The number of rotatable bonds is 11. The minimum absolute atomic E-state index is 0.113. The Labute approximate surface area is 270 Å². The molecule has 0 aromatic heterocycles. The van der Waals surface area contributed by atoms with Gasteiger partial charge in [0.25, 0.3) is 11.6 Å². The summed E-state index contributed by atoms with van der Waals surface area (Å²) in [5.41, 5.74) is 2.44. The number of nitro benzene ring substituents is 1. The van der Waals surface area contributed by atoms with Crippen LogP contribution in [0.1, 0.15) is 59.0 Å². The van der Waals surface area contributed by atoms with E-state index in [2.05, 4.69) is 16.3 Å². The molecule has 1 N–H and O–H groups in total. The van der Waals surface area contributed by atoms with Crippen LogP contribution in [0, 0.1) is 10.1 Å². The van der Waals surface area contributed by atoms with Crippen LogP contribution < -0.4 is 5.32 Å². The molecule has 0 bridgehead atoms. The van der Waals surface area contributed by atoms with E-state index in [1.54, 1.807) is 30.5 Å². The van der Waals surface area contributed by atoms with Crippen LogP contribution in [-0.4, -0.2) is 52.4 Å². The fourth-order valence-electron chi connectivity index (χ4n) is 6.17. The van der Waals surface area contributed by atoms with Gasteiger partial charge in [-0.15, -0.1) is 0 Å². The second kappa shape index (κ2) is 14.7. The minimum Gasteiger partial charge on any atom is -0.352 e. The molecule has 5 rings (SSSR count). The Morgan fingerprint density at radius 1 is 1.00 bits per heavy atom. The molecule has 1 heterocycles. The number of piperidine rings is 1. The maximum Gasteiger partial charge on any atom is 0.270 e. The summed E-state index contributed by atoms with van der Waals surface area (Å²) in [7, 11) is -1.01. The average molecular weight is 653 g/mol. The van der Waals surface area contributed by atoms with E-state index in [1.165, 1.54) is 17.7 Å². The topological polar surface area (TPSA) is 92.6 Å². The molecule has 230 valence electrons. The van der Waals surface area contributed by atoms with Gasteiger partial charge in [0.2, 0.25) is 0 Å². The number of likely N-dealkylation sites (tertiary alicyclic amines) is 1. The third kappa shape index (κ3) is 7.67. The lowest BCUT2D eigenvalue weighted by atomic mass is 9.88. The zero-order valence-electron chi connectivity index (χ0n) is 24.5. The first-order chi connectivity index (χ1) is 21.2. The molecule has 44 heavy (non-hydrogen) atoms. The van der Waals surface area contributed by atoms with Crippen molar-refractivity contribution < 1.29 is 13.9 Å². The SMILES string of the molecule is C[S@](=O)c1ccccc1C1CCN(CC[C@H](CCNC(=O)c2cc([N+](=O)[O-])cc3ccccc23)c2ccc(Cl)c(Cl)c2)CC1. The average Bonchev–Trinajstić information content (AvgIpc) is 3.03. The summed E-state index contributed by atoms with van der Waals surface area (Å²) < 4.78 is 12.3. The van der Waals surface area contributed by atoms with Crippen molar-refractivity contribution in [2.24, 2.45) is 0 Å². The van der Waals surface area contributed by atoms with Crippen LogP contribution >= 0.6 is 23.2 Å². The molecule has 1 fully saturated rings. The van der Waals surface area contributed by atoms with Crippen LogP contribution in [0.2, 0.25) is 10.0 Å². The quantitative estimate of drug-likeness (QED) is 0.131. The normalized spacial score (nSPS) is 15.6. The van der Waals surface area contributed by atoms with Gasteiger partial charge < -0.3 is 10.2 Å². The van der Waals surface area contributed by atoms with Gasteiger partial charge in [-0.3, -0.25) is 19.1 Å². The maximum atomic E-state index is 13.3. The van der Waals surface area contributed by atoms with Crippen LogP contribution in [0.3, 0.4) is 0 Å². The van der Waals surface area contributed by atoms with Crippen LogP contribution in [-0.2, 0) is 10.8 Å². The molecule has 0 radical (unpaired) electrons. The van der Waals surface area contributed by atoms with Crippen LogP contribution in [0.5, 0.6) is 0 Å². The fraction of sp³-hybridized carbons (Fsp3) is 0.324. The number of fused-ring (bicyclic) bond motifs is 1. The Balaban J connectivity index is 1.24. The number of hydrogen-bond acceptors (Lipinski definition) is 5. The second-order valence-electron chi connectivity index (χ2n) is 11.3. The molecule has 1 amide bonds. The molecule has 1 aliphatic rings. The van der Waals surface area contributed by atoms with E-state index in [1.807, 2.05) is 36.4 Å². The first-order valence-corrected chi connectivity index (χ1v) is 17.1. The predicted octanol–water partition coefficient (Wildman–Crippen LogP) is 7.97. The molecule has 1 aliphatic heterocycles. The van der Waals surface area contributed by atoms with Gasteiger partial charge >= 0.3 is 0 Å². The van der Waals surface area contributed by atoms with E-state index < -0.39 is 15.7 Å². The maximum absolute atomic E-state index is 13.3. The van der Waals surface area contributed by atoms with Gasteiger partial charge in [-0.2, -0.15) is 0 Å². The number of non-ortho nitro benzene ring substituents is 1. The number of nitrogens with one attached hydrogen (secondary N) is 1. The Morgan fingerprint density at radius 3 is 2.45 bits per heavy atom. The summed E-state index contributed by atoms with van der Waals surface area (Å²) in [5, 5.41) is 16.8. The van der Waals surface area contributed by atoms with E-state index in [9.17, 15) is 19.1 Å². The first kappa shape index (κ1) is 32.1. The molecule has 0 aliphatic carbocycles. The number of nitro groups is 1. The number of halogens is 2. The summed E-state index contributed by atoms with van der Waals surface area (Å²) in [6.45, 7) is 3.20. The first-order valence-electron chi connectivity index (χ1n) is 14.8. The molecule has 10 heteroatoms. The number of carbonyl (C=O) groups is 1.